The van der Waals surface area contributed by atoms with E-state index in [2.05, 4.69) is 17.2 Å². The second-order valence-electron chi connectivity index (χ2n) is 5.15. The highest BCUT2D eigenvalue weighted by molar-refractivity contribution is 7.89. The van der Waals surface area contributed by atoms with Gasteiger partial charge in [0.25, 0.3) is 0 Å². The lowest BCUT2D eigenvalue weighted by Crippen LogP contribution is -2.36. The van der Waals surface area contributed by atoms with Crippen LogP contribution in [0.25, 0.3) is 0 Å². The van der Waals surface area contributed by atoms with Crippen molar-refractivity contribution in [1.82, 2.24) is 4.72 Å². The summed E-state index contributed by atoms with van der Waals surface area (Å²) < 4.78 is 32.4. The molecule has 0 unspecified atom stereocenters. The smallest absolute Gasteiger partial charge is 0.302 e. The molecule has 1 aromatic carbocycles. The topological polar surface area (TPSA) is 72.5 Å². The number of ether oxygens (including phenoxy) is 1. The van der Waals surface area contributed by atoms with Gasteiger partial charge in [-0.3, -0.25) is 4.79 Å². The second kappa shape index (κ2) is 8.51. The summed E-state index contributed by atoms with van der Waals surface area (Å²) in [4.78, 5) is 11.2. The van der Waals surface area contributed by atoms with E-state index in [4.69, 9.17) is 11.2 Å². The molecule has 2 atom stereocenters. The average molecular weight is 335 g/mol. The lowest BCUT2D eigenvalue weighted by atomic mass is 10.1. The highest BCUT2D eigenvalue weighted by atomic mass is 32.2. The summed E-state index contributed by atoms with van der Waals surface area (Å²) in [6.45, 7) is 6.78. The Morgan fingerprint density at radius 2 is 2.04 bits per heavy atom. The highest BCUT2D eigenvalue weighted by Crippen LogP contribution is 2.14. The molecule has 0 aliphatic heterocycles. The second-order valence-corrected chi connectivity index (χ2v) is 6.87. The van der Waals surface area contributed by atoms with E-state index in [9.17, 15) is 13.2 Å². The van der Waals surface area contributed by atoms with Crippen molar-refractivity contribution in [1.29, 1.82) is 0 Å². The number of rotatable bonds is 8. The Morgan fingerprint density at radius 3 is 2.52 bits per heavy atom. The minimum Gasteiger partial charge on any atom is -0.461 e. The van der Waals surface area contributed by atoms with Crippen molar-refractivity contribution in [2.45, 2.75) is 43.7 Å². The first kappa shape index (κ1) is 18.9. The van der Waals surface area contributed by atoms with Crippen LogP contribution in [0.15, 0.2) is 41.8 Å². The van der Waals surface area contributed by atoms with Gasteiger partial charge in [-0.15, -0.1) is 18.9 Å². The van der Waals surface area contributed by atoms with Crippen LogP contribution in [0.1, 0.15) is 25.3 Å². The van der Waals surface area contributed by atoms with E-state index in [1.807, 2.05) is 6.92 Å². The number of hydrogen-bond donors (Lipinski definition) is 1. The van der Waals surface area contributed by atoms with Crippen LogP contribution in [0, 0.1) is 19.3 Å². The number of hydrogen-bond acceptors (Lipinski definition) is 4. The molecule has 0 aliphatic rings. The van der Waals surface area contributed by atoms with E-state index < -0.39 is 28.1 Å². The first-order chi connectivity index (χ1) is 10.8. The first-order valence-electron chi connectivity index (χ1n) is 7.10. The zero-order chi connectivity index (χ0) is 17.5. The summed E-state index contributed by atoms with van der Waals surface area (Å²) in [5, 5.41) is 0. The Bertz CT molecular complexity index is 686. The fourth-order valence-electron chi connectivity index (χ4n) is 2.00. The maximum absolute atomic E-state index is 12.4. The van der Waals surface area contributed by atoms with E-state index in [1.165, 1.54) is 25.1 Å². The van der Waals surface area contributed by atoms with Gasteiger partial charge in [0, 0.05) is 25.8 Å². The third kappa shape index (κ3) is 6.27. The molecule has 0 saturated heterocycles. The molecule has 0 saturated carbocycles. The Kier molecular flexibility index (Phi) is 7.01. The van der Waals surface area contributed by atoms with Gasteiger partial charge in [0.2, 0.25) is 10.0 Å². The molecule has 0 aromatic heterocycles. The van der Waals surface area contributed by atoms with Crippen LogP contribution in [0.5, 0.6) is 0 Å². The van der Waals surface area contributed by atoms with Crippen molar-refractivity contribution in [3.8, 4) is 12.3 Å². The largest absolute Gasteiger partial charge is 0.461 e. The van der Waals surface area contributed by atoms with E-state index in [0.29, 0.717) is 0 Å². The van der Waals surface area contributed by atoms with Gasteiger partial charge in [0.05, 0.1) is 4.90 Å². The van der Waals surface area contributed by atoms with Crippen molar-refractivity contribution in [2.24, 2.45) is 0 Å². The summed E-state index contributed by atoms with van der Waals surface area (Å²) >= 11 is 0. The molecule has 0 spiro atoms. The number of benzene rings is 1. The van der Waals surface area contributed by atoms with Crippen molar-refractivity contribution < 1.29 is 17.9 Å². The highest BCUT2D eigenvalue weighted by Gasteiger charge is 2.22. The first-order valence-corrected chi connectivity index (χ1v) is 8.59. The molecule has 1 aromatic rings. The monoisotopic (exact) mass is 335 g/mol. The lowest BCUT2D eigenvalue weighted by molar-refractivity contribution is -0.146. The number of nitrogens with one attached hydrogen (secondary N) is 1. The molecule has 0 radical (unpaired) electrons. The van der Waals surface area contributed by atoms with Gasteiger partial charge in [-0.1, -0.05) is 23.8 Å². The predicted octanol–water partition coefficient (Wildman–Crippen LogP) is 2.17. The van der Waals surface area contributed by atoms with Gasteiger partial charge in [-0.25, -0.2) is 13.1 Å². The molecule has 1 rings (SSSR count). The third-order valence-corrected chi connectivity index (χ3v) is 4.62. The van der Waals surface area contributed by atoms with Crippen molar-refractivity contribution in [3.05, 3.63) is 42.5 Å². The van der Waals surface area contributed by atoms with Gasteiger partial charge >= 0.3 is 5.97 Å². The van der Waals surface area contributed by atoms with Gasteiger partial charge in [-0.05, 0) is 19.1 Å². The SMILES string of the molecule is C#CC[C@H](C[C@@H](C=C)NS(=O)(=O)c1ccc(C)cc1)OC(C)=O. The molecule has 0 amide bonds. The number of terminal acetylenes is 1. The fraction of sp³-hybridized carbons (Fsp3) is 0.353. The maximum atomic E-state index is 12.4. The summed E-state index contributed by atoms with van der Waals surface area (Å²) in [6, 6.07) is 5.90. The lowest BCUT2D eigenvalue weighted by Gasteiger charge is -2.21. The van der Waals surface area contributed by atoms with E-state index in [1.54, 1.807) is 12.1 Å². The molecular weight excluding hydrogens is 314 g/mol. The van der Waals surface area contributed by atoms with E-state index >= 15 is 0 Å². The molecule has 0 bridgehead atoms. The Morgan fingerprint density at radius 1 is 1.43 bits per heavy atom. The summed E-state index contributed by atoms with van der Waals surface area (Å²) in [5.41, 5.74) is 0.966. The Labute approximate surface area is 137 Å². The van der Waals surface area contributed by atoms with E-state index in [0.717, 1.165) is 5.56 Å². The average Bonchev–Trinajstić information content (AvgIpc) is 2.46. The molecule has 1 N–H and O–H groups in total. The number of sulfonamides is 1. The standard InChI is InChI=1S/C17H21NO4S/c1-5-7-16(22-14(4)19)12-15(6-2)18-23(20,21)17-10-8-13(3)9-11-17/h1,6,8-11,15-16,18H,2,7,12H2,3-4H3/t15-,16-/m1/s1. The van der Waals surface area contributed by atoms with Crippen LogP contribution in [-0.2, 0) is 19.6 Å². The molecule has 23 heavy (non-hydrogen) atoms. The summed E-state index contributed by atoms with van der Waals surface area (Å²) in [5.74, 6) is 1.95. The van der Waals surface area contributed by atoms with Crippen molar-refractivity contribution in [3.63, 3.8) is 0 Å². The molecule has 5 nitrogen and oxygen atoms in total. The minimum absolute atomic E-state index is 0.163. The zero-order valence-corrected chi connectivity index (χ0v) is 14.1. The van der Waals surface area contributed by atoms with Crippen LogP contribution in [0.4, 0.5) is 0 Å². The summed E-state index contributed by atoms with van der Waals surface area (Å²) in [6.07, 6.45) is 6.56. The van der Waals surface area contributed by atoms with Gasteiger partial charge in [-0.2, -0.15) is 0 Å². The van der Waals surface area contributed by atoms with Gasteiger partial charge in [0.15, 0.2) is 0 Å². The van der Waals surface area contributed by atoms with Crippen molar-refractivity contribution >= 4 is 16.0 Å². The minimum atomic E-state index is -3.69. The molecule has 124 valence electrons. The summed E-state index contributed by atoms with van der Waals surface area (Å²) in [7, 11) is -3.69. The Hall–Kier alpha value is -2.10. The van der Waals surface area contributed by atoms with Crippen LogP contribution in [-0.4, -0.2) is 26.5 Å². The Balaban J connectivity index is 2.85. The molecule has 0 fully saturated rings. The van der Waals surface area contributed by atoms with Crippen LogP contribution >= 0.6 is 0 Å². The van der Waals surface area contributed by atoms with Crippen LogP contribution in [0.3, 0.4) is 0 Å². The number of carbonyl (C=O) groups excluding carboxylic acids is 1. The molecular formula is C17H21NO4S. The van der Waals surface area contributed by atoms with Crippen molar-refractivity contribution in [2.75, 3.05) is 0 Å². The quantitative estimate of drug-likeness (QED) is 0.449. The van der Waals surface area contributed by atoms with Crippen LogP contribution < -0.4 is 4.72 Å². The van der Waals surface area contributed by atoms with Crippen LogP contribution in [0.2, 0.25) is 0 Å². The fourth-order valence-corrected chi connectivity index (χ4v) is 3.22. The maximum Gasteiger partial charge on any atom is 0.302 e. The van der Waals surface area contributed by atoms with Gasteiger partial charge in [0.1, 0.15) is 6.10 Å². The number of aryl methyl sites for hydroxylation is 1. The van der Waals surface area contributed by atoms with Gasteiger partial charge < -0.3 is 4.74 Å². The third-order valence-electron chi connectivity index (χ3n) is 3.12. The zero-order valence-electron chi connectivity index (χ0n) is 13.3. The molecule has 0 heterocycles. The normalized spacial score (nSPS) is 13.6. The molecule has 6 heteroatoms. The molecule has 0 aliphatic carbocycles. The number of carbonyl (C=O) groups is 1. The predicted molar refractivity (Wildman–Crippen MR) is 89.1 cm³/mol. The van der Waals surface area contributed by atoms with E-state index in [-0.39, 0.29) is 17.7 Å². The number of esters is 1.